The van der Waals surface area contributed by atoms with E-state index in [0.717, 1.165) is 22.4 Å². The number of pyridine rings is 1. The van der Waals surface area contributed by atoms with Crippen LogP contribution in [0.15, 0.2) is 24.4 Å². The Labute approximate surface area is 59.0 Å². The summed E-state index contributed by atoms with van der Waals surface area (Å²) in [6, 6.07) is 3.72. The van der Waals surface area contributed by atoms with Crippen LogP contribution in [0.1, 0.15) is 11.3 Å². The van der Waals surface area contributed by atoms with Crippen molar-refractivity contribution in [1.82, 2.24) is 0 Å². The van der Waals surface area contributed by atoms with Crippen LogP contribution in [-0.2, 0) is 6.42 Å². The second-order valence-electron chi connectivity index (χ2n) is 2.34. The van der Waals surface area contributed by atoms with Crippen molar-refractivity contribution in [1.29, 1.82) is 0 Å². The second-order valence-corrected chi connectivity index (χ2v) is 2.34. The first-order chi connectivity index (χ1) is 4.88. The van der Waals surface area contributed by atoms with Crippen LogP contribution in [0.3, 0.4) is 0 Å². The lowest BCUT2D eigenvalue weighted by Gasteiger charge is -1.99. The number of aromatic nitrogens is 1. The van der Waals surface area contributed by atoms with Crippen LogP contribution < -0.4 is 4.73 Å². The van der Waals surface area contributed by atoms with Crippen LogP contribution in [0.2, 0.25) is 0 Å². The van der Waals surface area contributed by atoms with Gasteiger partial charge in [-0.2, -0.15) is 4.73 Å². The summed E-state index contributed by atoms with van der Waals surface area (Å²) in [7, 11) is 0. The van der Waals surface area contributed by atoms with Gasteiger partial charge < -0.3 is 5.21 Å². The Kier molecular flexibility index (Phi) is 1.01. The van der Waals surface area contributed by atoms with Gasteiger partial charge in [-0.3, -0.25) is 0 Å². The minimum Gasteiger partial charge on any atom is -0.618 e. The van der Waals surface area contributed by atoms with Crippen LogP contribution in [-0.4, -0.2) is 0 Å². The van der Waals surface area contributed by atoms with E-state index in [9.17, 15) is 5.21 Å². The lowest BCUT2D eigenvalue weighted by Crippen LogP contribution is -2.30. The Morgan fingerprint density at radius 2 is 2.40 bits per heavy atom. The molecule has 0 saturated heterocycles. The van der Waals surface area contributed by atoms with Crippen molar-refractivity contribution in [2.75, 3.05) is 0 Å². The Hall–Kier alpha value is -1.31. The molecule has 0 amide bonds. The predicted molar refractivity (Wildman–Crippen MR) is 38.1 cm³/mol. The van der Waals surface area contributed by atoms with E-state index in [4.69, 9.17) is 0 Å². The van der Waals surface area contributed by atoms with Crippen LogP contribution in [0.25, 0.3) is 6.08 Å². The summed E-state index contributed by atoms with van der Waals surface area (Å²) >= 11 is 0. The summed E-state index contributed by atoms with van der Waals surface area (Å²) in [5, 5.41) is 11.0. The van der Waals surface area contributed by atoms with Gasteiger partial charge in [0.05, 0.1) is 6.42 Å². The molecular formula is C8H7NO. The molecule has 1 aliphatic carbocycles. The lowest BCUT2D eigenvalue weighted by molar-refractivity contribution is -0.613. The zero-order chi connectivity index (χ0) is 6.97. The van der Waals surface area contributed by atoms with Gasteiger partial charge in [-0.05, 0) is 6.07 Å². The smallest absolute Gasteiger partial charge is 0.203 e. The van der Waals surface area contributed by atoms with E-state index in [2.05, 4.69) is 0 Å². The number of fused-ring (bicyclic) bond motifs is 1. The summed E-state index contributed by atoms with van der Waals surface area (Å²) in [6.45, 7) is 0. The molecule has 2 heteroatoms. The zero-order valence-corrected chi connectivity index (χ0v) is 5.45. The molecule has 0 atom stereocenters. The third-order valence-electron chi connectivity index (χ3n) is 1.71. The number of allylic oxidation sites excluding steroid dienone is 1. The Balaban J connectivity index is 2.66. The molecule has 1 aliphatic rings. The Morgan fingerprint density at radius 1 is 1.50 bits per heavy atom. The minimum atomic E-state index is 0.777. The van der Waals surface area contributed by atoms with Gasteiger partial charge in [0.25, 0.3) is 0 Å². The summed E-state index contributed by atoms with van der Waals surface area (Å²) in [5.41, 5.74) is 1.92. The monoisotopic (exact) mass is 133 g/mol. The first-order valence-electron chi connectivity index (χ1n) is 3.25. The highest BCUT2D eigenvalue weighted by atomic mass is 16.5. The van der Waals surface area contributed by atoms with Crippen LogP contribution in [0, 0.1) is 5.21 Å². The fraction of sp³-hybridized carbons (Fsp3) is 0.125. The van der Waals surface area contributed by atoms with Gasteiger partial charge in [0, 0.05) is 11.6 Å². The average molecular weight is 133 g/mol. The maximum atomic E-state index is 11.0. The molecule has 2 nitrogen and oxygen atoms in total. The highest BCUT2D eigenvalue weighted by Gasteiger charge is 2.11. The molecule has 0 aromatic carbocycles. The van der Waals surface area contributed by atoms with Crippen LogP contribution in [0.5, 0.6) is 0 Å². The molecule has 0 radical (unpaired) electrons. The van der Waals surface area contributed by atoms with Crippen molar-refractivity contribution >= 4 is 6.08 Å². The maximum absolute atomic E-state index is 11.0. The van der Waals surface area contributed by atoms with Gasteiger partial charge in [0.1, 0.15) is 0 Å². The number of hydrogen-bond acceptors (Lipinski definition) is 1. The van der Waals surface area contributed by atoms with Gasteiger partial charge in [0.15, 0.2) is 6.20 Å². The normalized spacial score (nSPS) is 13.6. The average Bonchev–Trinajstić information content (AvgIpc) is 2.36. The van der Waals surface area contributed by atoms with Gasteiger partial charge in [-0.1, -0.05) is 12.2 Å². The summed E-state index contributed by atoms with van der Waals surface area (Å²) in [4.78, 5) is 0. The molecule has 0 unspecified atom stereocenters. The first kappa shape index (κ1) is 5.47. The molecule has 0 saturated carbocycles. The molecule has 2 rings (SSSR count). The van der Waals surface area contributed by atoms with Gasteiger partial charge >= 0.3 is 0 Å². The number of nitrogens with zero attached hydrogens (tertiary/aromatic N) is 1. The first-order valence-corrected chi connectivity index (χ1v) is 3.25. The third-order valence-corrected chi connectivity index (χ3v) is 1.71. The molecule has 50 valence electrons. The quantitative estimate of drug-likeness (QED) is 0.381. The Morgan fingerprint density at radius 3 is 3.20 bits per heavy atom. The minimum absolute atomic E-state index is 0.777. The maximum Gasteiger partial charge on any atom is 0.203 e. The van der Waals surface area contributed by atoms with Crippen molar-refractivity contribution in [2.45, 2.75) is 6.42 Å². The van der Waals surface area contributed by atoms with Crippen molar-refractivity contribution in [2.24, 2.45) is 0 Å². The molecule has 1 aromatic rings. The largest absolute Gasteiger partial charge is 0.618 e. The molecule has 0 bridgehead atoms. The van der Waals surface area contributed by atoms with Gasteiger partial charge in [0.2, 0.25) is 5.69 Å². The number of rotatable bonds is 0. The highest BCUT2D eigenvalue weighted by molar-refractivity contribution is 5.55. The molecule has 1 heterocycles. The van der Waals surface area contributed by atoms with Crippen molar-refractivity contribution in [3.63, 3.8) is 0 Å². The molecular weight excluding hydrogens is 126 g/mol. The molecule has 0 aliphatic heterocycles. The highest BCUT2D eigenvalue weighted by Crippen LogP contribution is 2.13. The van der Waals surface area contributed by atoms with Crippen LogP contribution >= 0.6 is 0 Å². The van der Waals surface area contributed by atoms with Crippen molar-refractivity contribution in [3.05, 3.63) is 40.9 Å². The zero-order valence-electron chi connectivity index (χ0n) is 5.45. The fourth-order valence-electron chi connectivity index (χ4n) is 1.20. The SMILES string of the molecule is [O-][n+]1cccc2c1CC=C2. The molecule has 0 spiro atoms. The third kappa shape index (κ3) is 0.620. The van der Waals surface area contributed by atoms with Gasteiger partial charge in [-0.15, -0.1) is 0 Å². The van der Waals surface area contributed by atoms with E-state index < -0.39 is 0 Å². The van der Waals surface area contributed by atoms with E-state index in [1.54, 1.807) is 6.07 Å². The van der Waals surface area contributed by atoms with Gasteiger partial charge in [-0.25, -0.2) is 0 Å². The Bertz CT molecular complexity index is 291. The summed E-state index contributed by atoms with van der Waals surface area (Å²) in [5.74, 6) is 0. The van der Waals surface area contributed by atoms with Crippen LogP contribution in [0.4, 0.5) is 0 Å². The topological polar surface area (TPSA) is 26.9 Å². The fourth-order valence-corrected chi connectivity index (χ4v) is 1.20. The number of hydrogen-bond donors (Lipinski definition) is 0. The predicted octanol–water partition coefficient (Wildman–Crippen LogP) is 0.889. The van der Waals surface area contributed by atoms with E-state index in [1.807, 2.05) is 18.2 Å². The van der Waals surface area contributed by atoms with Crippen molar-refractivity contribution < 1.29 is 4.73 Å². The lowest BCUT2D eigenvalue weighted by atomic mass is 10.2. The van der Waals surface area contributed by atoms with E-state index in [1.165, 1.54) is 6.20 Å². The van der Waals surface area contributed by atoms with E-state index in [-0.39, 0.29) is 0 Å². The van der Waals surface area contributed by atoms with E-state index >= 15 is 0 Å². The second kappa shape index (κ2) is 1.84. The van der Waals surface area contributed by atoms with Crippen molar-refractivity contribution in [3.8, 4) is 0 Å². The molecule has 0 N–H and O–H groups in total. The molecule has 10 heavy (non-hydrogen) atoms. The standard InChI is InChI=1S/C8H7NO/c10-9-6-2-4-7-3-1-5-8(7)9/h1-4,6H,5H2. The van der Waals surface area contributed by atoms with E-state index in [0.29, 0.717) is 0 Å². The molecule has 0 fully saturated rings. The summed E-state index contributed by atoms with van der Waals surface area (Å²) in [6.07, 6.45) is 6.29. The summed E-state index contributed by atoms with van der Waals surface area (Å²) < 4.78 is 0.926. The molecule has 1 aromatic heterocycles.